The van der Waals surface area contributed by atoms with Crippen LogP contribution in [0, 0.1) is 0 Å². The molecule has 0 saturated heterocycles. The van der Waals surface area contributed by atoms with Gasteiger partial charge >= 0.3 is 5.97 Å². The van der Waals surface area contributed by atoms with E-state index in [4.69, 9.17) is 5.11 Å². The van der Waals surface area contributed by atoms with Crippen LogP contribution in [0.15, 0.2) is 6.20 Å². The normalized spacial score (nSPS) is 15.3. The number of hydrogen-bond acceptors (Lipinski definition) is 3. The Labute approximate surface area is 88.4 Å². The summed E-state index contributed by atoms with van der Waals surface area (Å²) in [6, 6.07) is 0. The number of carbonyl (C=O) groups is 1. The molecule has 0 aliphatic heterocycles. The van der Waals surface area contributed by atoms with E-state index in [1.165, 1.54) is 6.20 Å². The molecule has 2 rings (SSSR count). The minimum absolute atomic E-state index is 0.275. The summed E-state index contributed by atoms with van der Waals surface area (Å²) >= 11 is 0. The molecule has 0 spiro atoms. The fourth-order valence-electron chi connectivity index (χ4n) is 1.61. The third-order valence-electron chi connectivity index (χ3n) is 2.54. The standard InChI is InChI=1S/C11H14N2O2/c1-2-3-9-12-6-8(11(14)15)10(13-9)7-4-5-7/h6-7H,2-5H2,1H3,(H,14,15). The smallest absolute Gasteiger partial charge is 0.339 e. The lowest BCUT2D eigenvalue weighted by Gasteiger charge is -2.05. The van der Waals surface area contributed by atoms with E-state index in [1.54, 1.807) is 0 Å². The molecule has 1 aromatic rings. The third-order valence-corrected chi connectivity index (χ3v) is 2.54. The maximum Gasteiger partial charge on any atom is 0.339 e. The first-order valence-electron chi connectivity index (χ1n) is 5.31. The van der Waals surface area contributed by atoms with E-state index in [9.17, 15) is 4.79 Å². The zero-order chi connectivity index (χ0) is 10.8. The maximum absolute atomic E-state index is 10.9. The van der Waals surface area contributed by atoms with Gasteiger partial charge in [0, 0.05) is 18.5 Å². The van der Waals surface area contributed by atoms with E-state index in [0.29, 0.717) is 5.92 Å². The number of carboxylic acid groups (broad SMARTS) is 1. The van der Waals surface area contributed by atoms with Crippen molar-refractivity contribution in [3.63, 3.8) is 0 Å². The molecule has 0 radical (unpaired) electrons. The number of aryl methyl sites for hydroxylation is 1. The van der Waals surface area contributed by atoms with Crippen molar-refractivity contribution in [2.24, 2.45) is 0 Å². The van der Waals surface area contributed by atoms with E-state index in [-0.39, 0.29) is 5.56 Å². The van der Waals surface area contributed by atoms with E-state index < -0.39 is 5.97 Å². The molecule has 15 heavy (non-hydrogen) atoms. The summed E-state index contributed by atoms with van der Waals surface area (Å²) < 4.78 is 0. The monoisotopic (exact) mass is 206 g/mol. The Bertz CT molecular complexity index is 386. The van der Waals surface area contributed by atoms with Crippen LogP contribution in [0.1, 0.15) is 54.0 Å². The molecule has 4 heteroatoms. The van der Waals surface area contributed by atoms with Gasteiger partial charge in [-0.3, -0.25) is 0 Å². The van der Waals surface area contributed by atoms with E-state index >= 15 is 0 Å². The summed E-state index contributed by atoms with van der Waals surface area (Å²) in [5, 5.41) is 8.98. The zero-order valence-corrected chi connectivity index (χ0v) is 8.73. The average Bonchev–Trinajstić information content (AvgIpc) is 3.01. The molecule has 1 aliphatic rings. The average molecular weight is 206 g/mol. The van der Waals surface area contributed by atoms with Gasteiger partial charge < -0.3 is 5.11 Å². The van der Waals surface area contributed by atoms with Crippen LogP contribution < -0.4 is 0 Å². The van der Waals surface area contributed by atoms with Crippen molar-refractivity contribution in [2.75, 3.05) is 0 Å². The van der Waals surface area contributed by atoms with Gasteiger partial charge in [0.15, 0.2) is 0 Å². The van der Waals surface area contributed by atoms with Crippen molar-refractivity contribution in [1.29, 1.82) is 0 Å². The number of aromatic carboxylic acids is 1. The first kappa shape index (κ1) is 10.1. The van der Waals surface area contributed by atoms with Crippen molar-refractivity contribution in [3.05, 3.63) is 23.3 Å². The number of hydrogen-bond donors (Lipinski definition) is 1. The largest absolute Gasteiger partial charge is 0.478 e. The minimum atomic E-state index is -0.917. The molecular weight excluding hydrogens is 192 g/mol. The molecule has 1 heterocycles. The Morgan fingerprint density at radius 2 is 2.33 bits per heavy atom. The molecule has 1 N–H and O–H groups in total. The summed E-state index contributed by atoms with van der Waals surface area (Å²) in [5.74, 6) is 0.207. The van der Waals surface area contributed by atoms with Gasteiger partial charge in [0.2, 0.25) is 0 Å². The number of carboxylic acids is 1. The fraction of sp³-hybridized carbons (Fsp3) is 0.545. The van der Waals surface area contributed by atoms with E-state index in [2.05, 4.69) is 16.9 Å². The highest BCUT2D eigenvalue weighted by molar-refractivity contribution is 5.88. The van der Waals surface area contributed by atoms with Gasteiger partial charge in [-0.05, 0) is 19.3 Å². The maximum atomic E-state index is 10.9. The molecule has 1 aliphatic carbocycles. The van der Waals surface area contributed by atoms with Crippen LogP contribution in [0.5, 0.6) is 0 Å². The van der Waals surface area contributed by atoms with Gasteiger partial charge in [-0.1, -0.05) is 6.92 Å². The van der Waals surface area contributed by atoms with Crippen LogP contribution in [0.25, 0.3) is 0 Å². The van der Waals surface area contributed by atoms with Crippen LogP contribution in [0.2, 0.25) is 0 Å². The highest BCUT2D eigenvalue weighted by Crippen LogP contribution is 2.40. The first-order valence-corrected chi connectivity index (χ1v) is 5.31. The van der Waals surface area contributed by atoms with Crippen LogP contribution in [-0.4, -0.2) is 21.0 Å². The zero-order valence-electron chi connectivity index (χ0n) is 8.73. The molecular formula is C11H14N2O2. The van der Waals surface area contributed by atoms with Crippen molar-refractivity contribution in [3.8, 4) is 0 Å². The van der Waals surface area contributed by atoms with Crippen LogP contribution >= 0.6 is 0 Å². The van der Waals surface area contributed by atoms with Crippen LogP contribution in [0.4, 0.5) is 0 Å². The summed E-state index contributed by atoms with van der Waals surface area (Å²) in [6.07, 6.45) is 5.37. The Balaban J connectivity index is 2.35. The molecule has 1 aromatic heterocycles. The van der Waals surface area contributed by atoms with Gasteiger partial charge in [-0.2, -0.15) is 0 Å². The number of nitrogens with zero attached hydrogens (tertiary/aromatic N) is 2. The van der Waals surface area contributed by atoms with Crippen molar-refractivity contribution < 1.29 is 9.90 Å². The molecule has 0 atom stereocenters. The van der Waals surface area contributed by atoms with Crippen LogP contribution in [-0.2, 0) is 6.42 Å². The van der Waals surface area contributed by atoms with E-state index in [1.807, 2.05) is 0 Å². The highest BCUT2D eigenvalue weighted by atomic mass is 16.4. The SMILES string of the molecule is CCCc1ncc(C(=O)O)c(C2CC2)n1. The van der Waals surface area contributed by atoms with Gasteiger partial charge in [-0.25, -0.2) is 14.8 Å². The van der Waals surface area contributed by atoms with Gasteiger partial charge in [0.1, 0.15) is 5.82 Å². The van der Waals surface area contributed by atoms with Crippen molar-refractivity contribution in [2.45, 2.75) is 38.5 Å². The van der Waals surface area contributed by atoms with Gasteiger partial charge in [0.05, 0.1) is 11.3 Å². The predicted octanol–water partition coefficient (Wildman–Crippen LogP) is 2.00. The number of aromatic nitrogens is 2. The molecule has 0 aromatic carbocycles. The summed E-state index contributed by atoms with van der Waals surface area (Å²) in [4.78, 5) is 19.4. The van der Waals surface area contributed by atoms with Crippen LogP contribution in [0.3, 0.4) is 0 Å². The molecule has 4 nitrogen and oxygen atoms in total. The molecule has 0 unspecified atom stereocenters. The highest BCUT2D eigenvalue weighted by Gasteiger charge is 2.30. The summed E-state index contributed by atoms with van der Waals surface area (Å²) in [5.41, 5.74) is 1.01. The lowest BCUT2D eigenvalue weighted by molar-refractivity contribution is 0.0694. The first-order chi connectivity index (χ1) is 7.22. The molecule has 1 fully saturated rings. The second-order valence-electron chi connectivity index (χ2n) is 3.91. The Morgan fingerprint density at radius 3 is 2.87 bits per heavy atom. The molecule has 0 bridgehead atoms. The second-order valence-corrected chi connectivity index (χ2v) is 3.91. The lowest BCUT2D eigenvalue weighted by Crippen LogP contribution is -2.08. The minimum Gasteiger partial charge on any atom is -0.478 e. The summed E-state index contributed by atoms with van der Waals surface area (Å²) in [7, 11) is 0. The van der Waals surface area contributed by atoms with E-state index in [0.717, 1.165) is 37.2 Å². The third kappa shape index (κ3) is 2.14. The number of rotatable bonds is 4. The molecule has 1 saturated carbocycles. The molecule has 80 valence electrons. The van der Waals surface area contributed by atoms with Gasteiger partial charge in [-0.15, -0.1) is 0 Å². The topological polar surface area (TPSA) is 63.1 Å². The Hall–Kier alpha value is -1.45. The lowest BCUT2D eigenvalue weighted by atomic mass is 10.1. The predicted molar refractivity (Wildman–Crippen MR) is 55.0 cm³/mol. The molecule has 0 amide bonds. The second kappa shape index (κ2) is 3.96. The quantitative estimate of drug-likeness (QED) is 0.818. The van der Waals surface area contributed by atoms with Crippen molar-refractivity contribution in [1.82, 2.24) is 9.97 Å². The van der Waals surface area contributed by atoms with Crippen molar-refractivity contribution >= 4 is 5.97 Å². The summed E-state index contributed by atoms with van der Waals surface area (Å²) in [6.45, 7) is 2.06. The Kier molecular flexibility index (Phi) is 2.66. The van der Waals surface area contributed by atoms with Gasteiger partial charge in [0.25, 0.3) is 0 Å². The fourth-order valence-corrected chi connectivity index (χ4v) is 1.61. The Morgan fingerprint density at radius 1 is 1.60 bits per heavy atom.